The van der Waals surface area contributed by atoms with Gasteiger partial charge in [0.05, 0.1) is 17.7 Å². The average molecular weight is 243 g/mol. The van der Waals surface area contributed by atoms with Crippen molar-refractivity contribution in [1.82, 2.24) is 10.3 Å². The molecular formula is C11H15ClN2O2. The average Bonchev–Trinajstić information content (AvgIpc) is 2.17. The molecule has 0 radical (unpaired) electrons. The van der Waals surface area contributed by atoms with Crippen LogP contribution >= 0.6 is 11.6 Å². The van der Waals surface area contributed by atoms with Gasteiger partial charge < -0.3 is 10.1 Å². The third kappa shape index (κ3) is 3.47. The lowest BCUT2D eigenvalue weighted by atomic mass is 10.1. The van der Waals surface area contributed by atoms with Crippen LogP contribution in [-0.4, -0.2) is 30.1 Å². The van der Waals surface area contributed by atoms with Crippen LogP contribution in [-0.2, 0) is 4.74 Å². The zero-order valence-electron chi connectivity index (χ0n) is 9.58. The van der Waals surface area contributed by atoms with Crippen molar-refractivity contribution in [2.75, 3.05) is 13.7 Å². The molecule has 0 aromatic carbocycles. The molecule has 0 saturated carbocycles. The number of hydrogen-bond donors (Lipinski definition) is 1. The highest BCUT2D eigenvalue weighted by molar-refractivity contribution is 6.32. The Bertz CT molecular complexity index is 380. The van der Waals surface area contributed by atoms with Gasteiger partial charge in [-0.1, -0.05) is 11.6 Å². The molecule has 0 aliphatic heterocycles. The molecule has 0 fully saturated rings. The van der Waals surface area contributed by atoms with Gasteiger partial charge >= 0.3 is 0 Å². The first-order chi connectivity index (χ1) is 7.46. The number of nitrogens with one attached hydrogen (secondary N) is 1. The molecule has 0 aliphatic rings. The molecule has 0 bridgehead atoms. The number of methoxy groups -OCH3 is 1. The number of hydrogen-bond acceptors (Lipinski definition) is 3. The van der Waals surface area contributed by atoms with Crippen LogP contribution in [0.5, 0.6) is 0 Å². The molecule has 0 spiro atoms. The van der Waals surface area contributed by atoms with Gasteiger partial charge in [0.25, 0.3) is 5.91 Å². The summed E-state index contributed by atoms with van der Waals surface area (Å²) in [5.41, 5.74) is -0.0706. The number of carbonyl (C=O) groups excluding carboxylic acids is 1. The van der Waals surface area contributed by atoms with Gasteiger partial charge in [0.15, 0.2) is 0 Å². The quantitative estimate of drug-likeness (QED) is 0.821. The molecule has 16 heavy (non-hydrogen) atoms. The molecule has 88 valence electrons. The summed E-state index contributed by atoms with van der Waals surface area (Å²) < 4.78 is 5.01. The lowest BCUT2D eigenvalue weighted by Crippen LogP contribution is -2.46. The Hall–Kier alpha value is -1.13. The van der Waals surface area contributed by atoms with Crippen molar-refractivity contribution in [2.45, 2.75) is 19.4 Å². The van der Waals surface area contributed by atoms with E-state index in [0.717, 1.165) is 0 Å². The molecule has 5 heteroatoms. The zero-order valence-corrected chi connectivity index (χ0v) is 10.3. The van der Waals surface area contributed by atoms with Gasteiger partial charge in [0.2, 0.25) is 0 Å². The second kappa shape index (κ2) is 5.27. The normalized spacial score (nSPS) is 11.2. The van der Waals surface area contributed by atoms with E-state index >= 15 is 0 Å². The molecular weight excluding hydrogens is 228 g/mol. The number of amides is 1. The van der Waals surface area contributed by atoms with Crippen LogP contribution in [0.2, 0.25) is 5.15 Å². The maximum absolute atomic E-state index is 11.9. The number of aromatic nitrogens is 1. The molecule has 0 atom stereocenters. The molecule has 1 heterocycles. The molecule has 0 aliphatic carbocycles. The van der Waals surface area contributed by atoms with Crippen LogP contribution in [0.4, 0.5) is 0 Å². The smallest absolute Gasteiger partial charge is 0.254 e. The third-order valence-electron chi connectivity index (χ3n) is 1.96. The van der Waals surface area contributed by atoms with Crippen LogP contribution in [0.3, 0.4) is 0 Å². The summed E-state index contributed by atoms with van der Waals surface area (Å²) in [7, 11) is 1.59. The number of carbonyl (C=O) groups is 1. The van der Waals surface area contributed by atoms with Crippen LogP contribution in [0.1, 0.15) is 24.2 Å². The highest BCUT2D eigenvalue weighted by Crippen LogP contribution is 2.13. The monoisotopic (exact) mass is 242 g/mol. The Morgan fingerprint density at radius 3 is 2.88 bits per heavy atom. The van der Waals surface area contributed by atoms with E-state index < -0.39 is 5.54 Å². The maximum Gasteiger partial charge on any atom is 0.254 e. The number of nitrogens with zero attached hydrogens (tertiary/aromatic N) is 1. The molecule has 1 rings (SSSR count). The van der Waals surface area contributed by atoms with E-state index in [-0.39, 0.29) is 11.1 Å². The lowest BCUT2D eigenvalue weighted by Gasteiger charge is -2.25. The Morgan fingerprint density at radius 1 is 1.62 bits per heavy atom. The standard InChI is InChI=1S/C11H15ClN2O2/c1-11(2,7-16-3)14-10(15)8-5-4-6-13-9(8)12/h4-6H,7H2,1-3H3,(H,14,15). The highest BCUT2D eigenvalue weighted by Gasteiger charge is 2.22. The minimum absolute atomic E-state index is 0.202. The molecule has 1 amide bonds. The Kier molecular flexibility index (Phi) is 4.26. The second-order valence-electron chi connectivity index (χ2n) is 4.11. The van der Waals surface area contributed by atoms with Crippen molar-refractivity contribution in [2.24, 2.45) is 0 Å². The van der Waals surface area contributed by atoms with E-state index in [9.17, 15) is 4.79 Å². The van der Waals surface area contributed by atoms with Gasteiger partial charge in [-0.3, -0.25) is 4.79 Å². The first-order valence-electron chi connectivity index (χ1n) is 4.88. The van der Waals surface area contributed by atoms with Gasteiger partial charge in [-0.2, -0.15) is 0 Å². The van der Waals surface area contributed by atoms with E-state index in [1.165, 1.54) is 0 Å². The highest BCUT2D eigenvalue weighted by atomic mass is 35.5. The fraction of sp³-hybridized carbons (Fsp3) is 0.455. The second-order valence-corrected chi connectivity index (χ2v) is 4.47. The van der Waals surface area contributed by atoms with Gasteiger partial charge in [-0.05, 0) is 26.0 Å². The van der Waals surface area contributed by atoms with Crippen molar-refractivity contribution >= 4 is 17.5 Å². The Morgan fingerprint density at radius 2 is 2.31 bits per heavy atom. The summed E-state index contributed by atoms with van der Waals surface area (Å²) in [5.74, 6) is -0.250. The number of rotatable bonds is 4. The van der Waals surface area contributed by atoms with Crippen molar-refractivity contribution in [3.05, 3.63) is 29.0 Å². The summed E-state index contributed by atoms with van der Waals surface area (Å²) in [6.07, 6.45) is 1.54. The fourth-order valence-corrected chi connectivity index (χ4v) is 1.53. The molecule has 1 N–H and O–H groups in total. The first kappa shape index (κ1) is 12.9. The summed E-state index contributed by atoms with van der Waals surface area (Å²) in [5, 5.41) is 3.03. The van der Waals surface area contributed by atoms with Gasteiger partial charge in [-0.15, -0.1) is 0 Å². The molecule has 1 aromatic heterocycles. The van der Waals surface area contributed by atoms with Crippen LogP contribution < -0.4 is 5.32 Å². The largest absolute Gasteiger partial charge is 0.382 e. The molecule has 0 unspecified atom stereocenters. The van der Waals surface area contributed by atoms with Gasteiger partial charge in [0.1, 0.15) is 5.15 Å². The van der Waals surface area contributed by atoms with Crippen LogP contribution in [0.25, 0.3) is 0 Å². The van der Waals surface area contributed by atoms with E-state index in [0.29, 0.717) is 12.2 Å². The summed E-state index contributed by atoms with van der Waals surface area (Å²) in [4.78, 5) is 15.7. The van der Waals surface area contributed by atoms with Crippen LogP contribution in [0, 0.1) is 0 Å². The van der Waals surface area contributed by atoms with Crippen LogP contribution in [0.15, 0.2) is 18.3 Å². The SMILES string of the molecule is COCC(C)(C)NC(=O)c1cccnc1Cl. The summed E-state index contributed by atoms with van der Waals surface area (Å²) in [6.45, 7) is 4.17. The van der Waals surface area contributed by atoms with Gasteiger partial charge in [-0.25, -0.2) is 4.98 Å². The first-order valence-corrected chi connectivity index (χ1v) is 5.26. The van der Waals surface area contributed by atoms with Crippen molar-refractivity contribution in [1.29, 1.82) is 0 Å². The number of halogens is 1. The molecule has 0 saturated heterocycles. The van der Waals surface area contributed by atoms with Gasteiger partial charge in [0, 0.05) is 13.3 Å². The van der Waals surface area contributed by atoms with E-state index in [1.807, 2.05) is 13.8 Å². The van der Waals surface area contributed by atoms with Crippen molar-refractivity contribution < 1.29 is 9.53 Å². The predicted molar refractivity (Wildman–Crippen MR) is 62.7 cm³/mol. The Labute approximate surface area is 100.0 Å². The molecule has 4 nitrogen and oxygen atoms in total. The van der Waals surface area contributed by atoms with Crippen molar-refractivity contribution in [3.8, 4) is 0 Å². The lowest BCUT2D eigenvalue weighted by molar-refractivity contribution is 0.0820. The van der Waals surface area contributed by atoms with E-state index in [2.05, 4.69) is 10.3 Å². The Balaban J connectivity index is 2.77. The minimum Gasteiger partial charge on any atom is -0.382 e. The summed E-state index contributed by atoms with van der Waals surface area (Å²) in [6, 6.07) is 3.30. The third-order valence-corrected chi connectivity index (χ3v) is 2.26. The zero-order chi connectivity index (χ0) is 12.2. The maximum atomic E-state index is 11.9. The van der Waals surface area contributed by atoms with E-state index in [4.69, 9.17) is 16.3 Å². The number of ether oxygens (including phenoxy) is 1. The summed E-state index contributed by atoms with van der Waals surface area (Å²) >= 11 is 5.82. The van der Waals surface area contributed by atoms with E-state index in [1.54, 1.807) is 25.4 Å². The molecule has 1 aromatic rings. The predicted octanol–water partition coefficient (Wildman–Crippen LogP) is 1.89. The topological polar surface area (TPSA) is 51.2 Å². The fourth-order valence-electron chi connectivity index (χ4n) is 1.33. The van der Waals surface area contributed by atoms with Crippen molar-refractivity contribution in [3.63, 3.8) is 0 Å². The minimum atomic E-state index is -0.439. The number of pyridine rings is 1.